The van der Waals surface area contributed by atoms with Crippen LogP contribution in [0.25, 0.3) is 5.57 Å². The Hall–Kier alpha value is -1.88. The highest BCUT2D eigenvalue weighted by atomic mass is 35.5. The SMILES string of the molecule is O=C(C1=C(c2cnc(COCCOc3c(Cl)cc(CCO)cc3Cl)s2)C[C@@H]2CCC1N2)N(Cc1cccc(Cl)c1Cl)C1CC1. The number of amides is 1. The number of aliphatic hydroxyl groups is 1. The quantitative estimate of drug-likeness (QED) is 0.182. The van der Waals surface area contributed by atoms with E-state index >= 15 is 0 Å². The number of nitrogens with zero attached hydrogens (tertiary/aromatic N) is 2. The van der Waals surface area contributed by atoms with Gasteiger partial charge in [-0.05, 0) is 73.4 Å². The molecule has 1 unspecified atom stereocenters. The van der Waals surface area contributed by atoms with Gasteiger partial charge in [-0.1, -0.05) is 58.5 Å². The third-order valence-corrected chi connectivity index (χ3v) is 10.7. The van der Waals surface area contributed by atoms with Gasteiger partial charge in [-0.25, -0.2) is 4.98 Å². The molecule has 2 bridgehead atoms. The van der Waals surface area contributed by atoms with E-state index < -0.39 is 0 Å². The fourth-order valence-electron chi connectivity index (χ4n) is 5.95. The maximum atomic E-state index is 14.3. The molecule has 234 valence electrons. The third kappa shape index (κ3) is 7.24. The average molecular weight is 698 g/mol. The van der Waals surface area contributed by atoms with Crippen LogP contribution in [-0.4, -0.2) is 58.8 Å². The Labute approximate surface area is 281 Å². The number of ether oxygens (including phenoxy) is 2. The summed E-state index contributed by atoms with van der Waals surface area (Å²) in [5.41, 5.74) is 3.65. The minimum Gasteiger partial charge on any atom is -0.488 e. The topological polar surface area (TPSA) is 83.9 Å². The minimum absolute atomic E-state index is 0.0182. The first kappa shape index (κ1) is 32.1. The Morgan fingerprint density at radius 3 is 2.61 bits per heavy atom. The van der Waals surface area contributed by atoms with Crippen molar-refractivity contribution < 1.29 is 19.4 Å². The number of aliphatic hydroxyl groups excluding tert-OH is 1. The summed E-state index contributed by atoms with van der Waals surface area (Å²) in [4.78, 5) is 21.9. The van der Waals surface area contributed by atoms with Gasteiger partial charge in [0, 0.05) is 43.0 Å². The number of aromatic nitrogens is 1. The van der Waals surface area contributed by atoms with E-state index in [1.807, 2.05) is 23.2 Å². The summed E-state index contributed by atoms with van der Waals surface area (Å²) in [6.07, 6.45) is 7.11. The summed E-state index contributed by atoms with van der Waals surface area (Å²) in [5, 5.41) is 15.4. The van der Waals surface area contributed by atoms with Crippen molar-refractivity contribution in [2.24, 2.45) is 0 Å². The highest BCUT2D eigenvalue weighted by Crippen LogP contribution is 2.42. The van der Waals surface area contributed by atoms with Gasteiger partial charge in [0.1, 0.15) is 11.6 Å². The van der Waals surface area contributed by atoms with Crippen molar-refractivity contribution in [2.75, 3.05) is 19.8 Å². The molecule has 1 aromatic heterocycles. The smallest absolute Gasteiger partial charge is 0.252 e. The Balaban J connectivity index is 1.12. The maximum Gasteiger partial charge on any atom is 0.252 e. The predicted octanol–water partition coefficient (Wildman–Crippen LogP) is 7.36. The van der Waals surface area contributed by atoms with Gasteiger partial charge in [-0.15, -0.1) is 11.3 Å². The van der Waals surface area contributed by atoms with Crippen molar-refractivity contribution in [2.45, 2.75) is 69.8 Å². The van der Waals surface area contributed by atoms with Gasteiger partial charge < -0.3 is 24.8 Å². The number of rotatable bonds is 13. The van der Waals surface area contributed by atoms with Gasteiger partial charge in [0.25, 0.3) is 5.91 Å². The van der Waals surface area contributed by atoms with Crippen molar-refractivity contribution in [1.29, 1.82) is 0 Å². The van der Waals surface area contributed by atoms with Crippen LogP contribution in [0.3, 0.4) is 0 Å². The number of hydrogen-bond acceptors (Lipinski definition) is 7. The van der Waals surface area contributed by atoms with E-state index in [1.54, 1.807) is 29.5 Å². The molecule has 1 saturated heterocycles. The molecule has 44 heavy (non-hydrogen) atoms. The second kappa shape index (κ2) is 14.3. The van der Waals surface area contributed by atoms with Crippen molar-refractivity contribution in [1.82, 2.24) is 15.2 Å². The molecule has 2 N–H and O–H groups in total. The summed E-state index contributed by atoms with van der Waals surface area (Å²) in [5.74, 6) is 0.471. The van der Waals surface area contributed by atoms with Gasteiger partial charge in [-0.3, -0.25) is 4.79 Å². The van der Waals surface area contributed by atoms with Gasteiger partial charge in [-0.2, -0.15) is 0 Å². The fraction of sp³-hybridized carbons (Fsp3) is 0.438. The Morgan fingerprint density at radius 1 is 1.07 bits per heavy atom. The molecule has 6 rings (SSSR count). The first-order valence-electron chi connectivity index (χ1n) is 14.8. The molecule has 2 atom stereocenters. The molecule has 2 fully saturated rings. The maximum absolute atomic E-state index is 14.3. The van der Waals surface area contributed by atoms with Crippen LogP contribution in [0.15, 0.2) is 42.1 Å². The lowest BCUT2D eigenvalue weighted by atomic mass is 9.93. The van der Waals surface area contributed by atoms with Crippen molar-refractivity contribution in [3.63, 3.8) is 0 Å². The first-order chi connectivity index (χ1) is 21.3. The summed E-state index contributed by atoms with van der Waals surface area (Å²) >= 11 is 27.0. The molecule has 1 amide bonds. The number of fused-ring (bicyclic) bond motifs is 2. The van der Waals surface area contributed by atoms with E-state index in [0.29, 0.717) is 58.1 Å². The second-order valence-electron chi connectivity index (χ2n) is 11.3. The van der Waals surface area contributed by atoms with Crippen LogP contribution in [0.4, 0.5) is 0 Å². The molecule has 7 nitrogen and oxygen atoms in total. The largest absolute Gasteiger partial charge is 0.488 e. The number of nitrogens with one attached hydrogen (secondary N) is 1. The van der Waals surface area contributed by atoms with Gasteiger partial charge >= 0.3 is 0 Å². The molecule has 12 heteroatoms. The number of carbonyl (C=O) groups excluding carboxylic acids is 1. The molecule has 3 aliphatic rings. The highest BCUT2D eigenvalue weighted by molar-refractivity contribution is 7.12. The second-order valence-corrected chi connectivity index (χ2v) is 14.1. The summed E-state index contributed by atoms with van der Waals surface area (Å²) < 4.78 is 11.6. The summed E-state index contributed by atoms with van der Waals surface area (Å²) in [7, 11) is 0. The Morgan fingerprint density at radius 2 is 1.86 bits per heavy atom. The van der Waals surface area contributed by atoms with Crippen LogP contribution in [0, 0.1) is 0 Å². The zero-order valence-corrected chi connectivity index (χ0v) is 27.8. The van der Waals surface area contributed by atoms with Crippen LogP contribution in [0.2, 0.25) is 20.1 Å². The molecule has 0 spiro atoms. The predicted molar refractivity (Wildman–Crippen MR) is 176 cm³/mol. The van der Waals surface area contributed by atoms with Gasteiger partial charge in [0.15, 0.2) is 5.75 Å². The van der Waals surface area contributed by atoms with Crippen molar-refractivity contribution in [3.8, 4) is 5.75 Å². The molecular weight excluding hydrogens is 664 g/mol. The molecule has 1 aliphatic carbocycles. The Bertz CT molecular complexity index is 1540. The number of halogens is 4. The van der Waals surface area contributed by atoms with Crippen molar-refractivity contribution >= 4 is 69.2 Å². The lowest BCUT2D eigenvalue weighted by Crippen LogP contribution is -2.44. The van der Waals surface area contributed by atoms with Gasteiger partial charge in [0.05, 0.1) is 38.2 Å². The number of hydrogen-bond donors (Lipinski definition) is 2. The van der Waals surface area contributed by atoms with Crippen LogP contribution >= 0.6 is 57.7 Å². The molecule has 3 aromatic rings. The normalized spacial score (nSPS) is 19.5. The van der Waals surface area contributed by atoms with E-state index in [0.717, 1.165) is 64.3 Å². The van der Waals surface area contributed by atoms with Crippen molar-refractivity contribution in [3.05, 3.63) is 83.2 Å². The van der Waals surface area contributed by atoms with E-state index in [4.69, 9.17) is 61.0 Å². The zero-order valence-electron chi connectivity index (χ0n) is 24.0. The van der Waals surface area contributed by atoms with Gasteiger partial charge in [0.2, 0.25) is 0 Å². The molecule has 0 radical (unpaired) electrons. The lowest BCUT2D eigenvalue weighted by Gasteiger charge is -2.31. The number of carbonyl (C=O) groups is 1. The zero-order chi connectivity index (χ0) is 30.8. The lowest BCUT2D eigenvalue weighted by molar-refractivity contribution is -0.128. The van der Waals surface area contributed by atoms with E-state index in [1.165, 1.54) is 0 Å². The monoisotopic (exact) mass is 695 g/mol. The summed E-state index contributed by atoms with van der Waals surface area (Å²) in [6, 6.07) is 9.67. The summed E-state index contributed by atoms with van der Waals surface area (Å²) in [6.45, 7) is 1.37. The fourth-order valence-corrected chi connectivity index (χ4v) is 7.89. The molecule has 3 heterocycles. The van der Waals surface area contributed by atoms with E-state index in [-0.39, 0.29) is 31.2 Å². The van der Waals surface area contributed by atoms with E-state index in [9.17, 15) is 4.79 Å². The minimum atomic E-state index is 0.0182. The highest BCUT2D eigenvalue weighted by Gasteiger charge is 2.42. The van der Waals surface area contributed by atoms with Crippen LogP contribution in [-0.2, 0) is 29.1 Å². The van der Waals surface area contributed by atoms with E-state index in [2.05, 4.69) is 10.3 Å². The first-order valence-corrected chi connectivity index (χ1v) is 17.1. The molecule has 2 aromatic carbocycles. The standard InChI is InChI=1S/C32H33Cl4N3O4S/c33-23-3-1-2-19(30(23)36)16-39(21-5-6-21)32(41)29-22(14-20-4-7-26(29)38-20)27-15-37-28(44-27)17-42-10-11-43-31-24(34)12-18(8-9-40)13-25(31)35/h1-3,12-13,15,20-21,26,38,40H,4-11,14,16-17H2/t20-,26?/m0/s1. The number of benzene rings is 2. The average Bonchev–Trinajstić information content (AvgIpc) is 3.61. The molecule has 2 aliphatic heterocycles. The third-order valence-electron chi connectivity index (χ3n) is 8.23. The van der Waals surface area contributed by atoms with Crippen LogP contribution in [0.1, 0.15) is 53.1 Å². The molecule has 1 saturated carbocycles. The number of thiazole rings is 1. The van der Waals surface area contributed by atoms with Crippen LogP contribution < -0.4 is 10.1 Å². The molecular formula is C32H33Cl4N3O4S. The Kier molecular flexibility index (Phi) is 10.4. The van der Waals surface area contributed by atoms with Crippen LogP contribution in [0.5, 0.6) is 5.75 Å².